The highest BCUT2D eigenvalue weighted by Gasteiger charge is 2.14. The zero-order valence-corrected chi connectivity index (χ0v) is 10.8. The van der Waals surface area contributed by atoms with Crippen LogP contribution in [0.1, 0.15) is 5.56 Å². The Labute approximate surface area is 111 Å². The van der Waals surface area contributed by atoms with E-state index in [9.17, 15) is 5.11 Å². The number of hydrogen-bond donors (Lipinski definition) is 2. The third-order valence-corrected chi connectivity index (χ3v) is 2.56. The molecule has 0 spiro atoms. The van der Waals surface area contributed by atoms with Gasteiger partial charge >= 0.3 is 0 Å². The molecule has 0 aliphatic carbocycles. The van der Waals surface area contributed by atoms with Crippen molar-refractivity contribution in [3.8, 4) is 17.4 Å². The topological polar surface area (TPSA) is 76.5 Å². The monoisotopic (exact) mass is 261 g/mol. The Morgan fingerprint density at radius 2 is 2.05 bits per heavy atom. The van der Waals surface area contributed by atoms with Crippen LogP contribution in [0.4, 0.5) is 5.82 Å². The molecule has 100 valence electrons. The summed E-state index contributed by atoms with van der Waals surface area (Å²) in [5.41, 5.74) is 0.675. The van der Waals surface area contributed by atoms with Crippen LogP contribution < -0.4 is 14.8 Å². The Hall–Kier alpha value is -2.34. The number of aliphatic hydroxyl groups excluding tert-OH is 1. The third kappa shape index (κ3) is 2.74. The Morgan fingerprint density at radius 1 is 1.26 bits per heavy atom. The summed E-state index contributed by atoms with van der Waals surface area (Å²) in [6.45, 7) is -0.109. The molecule has 19 heavy (non-hydrogen) atoms. The summed E-state index contributed by atoms with van der Waals surface area (Å²) >= 11 is 0. The van der Waals surface area contributed by atoms with E-state index in [0.717, 1.165) is 0 Å². The van der Waals surface area contributed by atoms with Gasteiger partial charge in [-0.15, -0.1) is 0 Å². The Balaban J connectivity index is 2.38. The molecule has 2 rings (SSSR count). The number of nitrogens with one attached hydrogen (secondary N) is 1. The molecule has 0 atom stereocenters. The summed E-state index contributed by atoms with van der Waals surface area (Å²) < 4.78 is 10.9. The van der Waals surface area contributed by atoms with E-state index in [1.807, 2.05) is 12.1 Å². The van der Waals surface area contributed by atoms with E-state index >= 15 is 0 Å². The number of aromatic nitrogens is 2. The summed E-state index contributed by atoms with van der Waals surface area (Å²) in [6.07, 6.45) is 1.38. The summed E-state index contributed by atoms with van der Waals surface area (Å²) in [7, 11) is 3.25. The smallest absolute Gasteiger partial charge is 0.268 e. The normalized spacial score (nSPS) is 10.1. The van der Waals surface area contributed by atoms with Crippen LogP contribution in [0.3, 0.4) is 0 Å². The van der Waals surface area contributed by atoms with Crippen molar-refractivity contribution in [2.75, 3.05) is 19.5 Å². The van der Waals surface area contributed by atoms with E-state index < -0.39 is 0 Å². The van der Waals surface area contributed by atoms with Crippen molar-refractivity contribution in [1.82, 2.24) is 9.97 Å². The van der Waals surface area contributed by atoms with Gasteiger partial charge in [0.2, 0.25) is 5.75 Å². The van der Waals surface area contributed by atoms with Gasteiger partial charge in [0.05, 0.1) is 13.7 Å². The minimum absolute atomic E-state index is 0.109. The van der Waals surface area contributed by atoms with Crippen LogP contribution in [0.2, 0.25) is 0 Å². The summed E-state index contributed by atoms with van der Waals surface area (Å²) in [5.74, 6) is 1.78. The Bertz CT molecular complexity index is 561. The zero-order chi connectivity index (χ0) is 13.7. The van der Waals surface area contributed by atoms with Gasteiger partial charge in [-0.1, -0.05) is 18.2 Å². The molecule has 6 heteroatoms. The number of hydrogen-bond acceptors (Lipinski definition) is 6. The van der Waals surface area contributed by atoms with Crippen molar-refractivity contribution >= 4 is 5.82 Å². The van der Waals surface area contributed by atoms with Crippen molar-refractivity contribution in [2.24, 2.45) is 0 Å². The minimum Gasteiger partial charge on any atom is -0.489 e. The second-order valence-electron chi connectivity index (χ2n) is 3.68. The molecule has 0 amide bonds. The average Bonchev–Trinajstić information content (AvgIpc) is 2.47. The van der Waals surface area contributed by atoms with Crippen LogP contribution >= 0.6 is 0 Å². The SMILES string of the molecule is CNc1ncnc(Oc2ccccc2CO)c1OC. The summed E-state index contributed by atoms with van der Waals surface area (Å²) in [6, 6.07) is 7.18. The average molecular weight is 261 g/mol. The van der Waals surface area contributed by atoms with Crippen molar-refractivity contribution in [1.29, 1.82) is 0 Å². The Morgan fingerprint density at radius 3 is 2.74 bits per heavy atom. The van der Waals surface area contributed by atoms with Crippen molar-refractivity contribution in [2.45, 2.75) is 6.61 Å². The van der Waals surface area contributed by atoms with Gasteiger partial charge in [-0.2, -0.15) is 4.98 Å². The van der Waals surface area contributed by atoms with Crippen LogP contribution in [-0.4, -0.2) is 29.2 Å². The first-order valence-electron chi connectivity index (χ1n) is 5.73. The molecule has 0 aliphatic heterocycles. The van der Waals surface area contributed by atoms with E-state index in [2.05, 4.69) is 15.3 Å². The maximum atomic E-state index is 9.27. The lowest BCUT2D eigenvalue weighted by atomic mass is 10.2. The Kier molecular flexibility index (Phi) is 4.15. The van der Waals surface area contributed by atoms with Crippen molar-refractivity contribution in [3.63, 3.8) is 0 Å². The fourth-order valence-electron chi connectivity index (χ4n) is 1.63. The van der Waals surface area contributed by atoms with Gasteiger partial charge in [0.25, 0.3) is 5.88 Å². The predicted molar refractivity (Wildman–Crippen MR) is 70.6 cm³/mol. The molecule has 0 saturated carbocycles. The number of methoxy groups -OCH3 is 1. The van der Waals surface area contributed by atoms with E-state index in [0.29, 0.717) is 28.8 Å². The van der Waals surface area contributed by atoms with E-state index in [-0.39, 0.29) is 6.61 Å². The molecule has 2 aromatic rings. The second kappa shape index (κ2) is 6.01. The molecule has 1 heterocycles. The van der Waals surface area contributed by atoms with Gasteiger partial charge in [0, 0.05) is 12.6 Å². The van der Waals surface area contributed by atoms with Gasteiger partial charge in [-0.05, 0) is 6.07 Å². The third-order valence-electron chi connectivity index (χ3n) is 2.56. The molecular weight excluding hydrogens is 246 g/mol. The van der Waals surface area contributed by atoms with E-state index in [4.69, 9.17) is 9.47 Å². The maximum absolute atomic E-state index is 9.27. The predicted octanol–water partition coefficient (Wildman–Crippen LogP) is 1.81. The van der Waals surface area contributed by atoms with Crippen LogP contribution in [0.15, 0.2) is 30.6 Å². The van der Waals surface area contributed by atoms with E-state index in [1.54, 1.807) is 19.2 Å². The standard InChI is InChI=1S/C13H15N3O3/c1-14-12-11(18-2)13(16-8-15-12)19-10-6-4-3-5-9(10)7-17/h3-6,8,17H,7H2,1-2H3,(H,14,15,16). The molecule has 0 saturated heterocycles. The molecular formula is C13H15N3O3. The highest BCUT2D eigenvalue weighted by molar-refractivity contribution is 5.55. The maximum Gasteiger partial charge on any atom is 0.268 e. The number of benzene rings is 1. The second-order valence-corrected chi connectivity index (χ2v) is 3.68. The molecule has 1 aromatic heterocycles. The number of nitrogens with zero attached hydrogens (tertiary/aromatic N) is 2. The number of para-hydroxylation sites is 1. The highest BCUT2D eigenvalue weighted by Crippen LogP contribution is 2.34. The fraction of sp³-hybridized carbons (Fsp3) is 0.231. The molecule has 6 nitrogen and oxygen atoms in total. The van der Waals surface area contributed by atoms with Crippen molar-refractivity contribution in [3.05, 3.63) is 36.2 Å². The first-order valence-corrected chi connectivity index (χ1v) is 5.73. The fourth-order valence-corrected chi connectivity index (χ4v) is 1.63. The first kappa shape index (κ1) is 13.1. The van der Waals surface area contributed by atoms with Gasteiger partial charge in [-0.25, -0.2) is 4.98 Å². The molecule has 0 radical (unpaired) electrons. The van der Waals surface area contributed by atoms with Gasteiger partial charge in [-0.3, -0.25) is 0 Å². The van der Waals surface area contributed by atoms with Crippen molar-refractivity contribution < 1.29 is 14.6 Å². The number of rotatable bonds is 5. The summed E-state index contributed by atoms with van der Waals surface area (Å²) in [5, 5.41) is 12.2. The van der Waals surface area contributed by atoms with Gasteiger partial charge < -0.3 is 19.9 Å². The molecule has 0 unspecified atom stereocenters. The molecule has 0 bridgehead atoms. The van der Waals surface area contributed by atoms with Gasteiger partial charge in [0.1, 0.15) is 12.1 Å². The highest BCUT2D eigenvalue weighted by atomic mass is 16.5. The number of aliphatic hydroxyl groups is 1. The first-order chi connectivity index (χ1) is 9.30. The quantitative estimate of drug-likeness (QED) is 0.854. The van der Waals surface area contributed by atoms with Gasteiger partial charge in [0.15, 0.2) is 5.82 Å². The molecule has 2 N–H and O–H groups in total. The lowest BCUT2D eigenvalue weighted by Crippen LogP contribution is -2.01. The van der Waals surface area contributed by atoms with Crippen LogP contribution in [0.5, 0.6) is 17.4 Å². The molecule has 0 fully saturated rings. The zero-order valence-electron chi connectivity index (χ0n) is 10.8. The number of anilines is 1. The summed E-state index contributed by atoms with van der Waals surface area (Å²) in [4.78, 5) is 8.09. The molecule has 1 aromatic carbocycles. The number of ether oxygens (including phenoxy) is 2. The van der Waals surface area contributed by atoms with Crippen LogP contribution in [0, 0.1) is 0 Å². The van der Waals surface area contributed by atoms with E-state index in [1.165, 1.54) is 13.4 Å². The van der Waals surface area contributed by atoms with Crippen LogP contribution in [0.25, 0.3) is 0 Å². The molecule has 0 aliphatic rings. The largest absolute Gasteiger partial charge is 0.489 e. The van der Waals surface area contributed by atoms with Crippen LogP contribution in [-0.2, 0) is 6.61 Å². The lowest BCUT2D eigenvalue weighted by Gasteiger charge is -2.13. The lowest BCUT2D eigenvalue weighted by molar-refractivity contribution is 0.275. The minimum atomic E-state index is -0.109.